The van der Waals surface area contributed by atoms with Crippen molar-refractivity contribution in [3.8, 4) is 11.5 Å². The number of methoxy groups -OCH3 is 2. The minimum Gasteiger partial charge on any atom is -0.493 e. The third-order valence-corrected chi connectivity index (χ3v) is 3.63. The Hall–Kier alpha value is -2.57. The predicted molar refractivity (Wildman–Crippen MR) is 97.0 cm³/mol. The Kier molecular flexibility index (Phi) is 7.25. The van der Waals surface area contributed by atoms with Gasteiger partial charge in [-0.15, -0.1) is 0 Å². The average Bonchev–Trinajstić information content (AvgIpc) is 2.63. The molecule has 0 bridgehead atoms. The largest absolute Gasteiger partial charge is 0.493 e. The second-order valence-electron chi connectivity index (χ2n) is 5.48. The van der Waals surface area contributed by atoms with E-state index in [1.807, 2.05) is 30.3 Å². The zero-order chi connectivity index (χ0) is 18.1. The van der Waals surface area contributed by atoms with Gasteiger partial charge in [0.1, 0.15) is 6.61 Å². The van der Waals surface area contributed by atoms with E-state index in [0.717, 1.165) is 5.56 Å². The maximum atomic E-state index is 12.2. The van der Waals surface area contributed by atoms with Gasteiger partial charge in [-0.2, -0.15) is 0 Å². The molecule has 0 aromatic heterocycles. The van der Waals surface area contributed by atoms with Gasteiger partial charge >= 0.3 is 0 Å². The highest BCUT2D eigenvalue weighted by atomic mass is 16.5. The first-order chi connectivity index (χ1) is 12.1. The van der Waals surface area contributed by atoms with Crippen molar-refractivity contribution in [1.82, 2.24) is 0 Å². The number of benzene rings is 2. The molecule has 0 aliphatic heterocycles. The molecular formula is C19H24N2O4. The highest BCUT2D eigenvalue weighted by Gasteiger charge is 2.13. The van der Waals surface area contributed by atoms with E-state index < -0.39 is 0 Å². The number of carbonyl (C=O) groups is 1. The van der Waals surface area contributed by atoms with Gasteiger partial charge in [-0.05, 0) is 17.7 Å². The van der Waals surface area contributed by atoms with Crippen molar-refractivity contribution >= 4 is 11.6 Å². The van der Waals surface area contributed by atoms with E-state index in [0.29, 0.717) is 30.4 Å². The van der Waals surface area contributed by atoms with Crippen molar-refractivity contribution in [2.45, 2.75) is 12.5 Å². The van der Waals surface area contributed by atoms with Crippen LogP contribution in [0.15, 0.2) is 48.5 Å². The van der Waals surface area contributed by atoms with Gasteiger partial charge in [0.2, 0.25) is 5.91 Å². The van der Waals surface area contributed by atoms with Crippen molar-refractivity contribution in [3.63, 3.8) is 0 Å². The third kappa shape index (κ3) is 5.77. The number of nitrogens with one attached hydrogen (secondary N) is 1. The molecule has 0 saturated carbocycles. The zero-order valence-corrected chi connectivity index (χ0v) is 14.5. The highest BCUT2D eigenvalue weighted by Crippen LogP contribution is 2.30. The molecule has 0 fully saturated rings. The number of ether oxygens (including phenoxy) is 3. The number of hydrogen-bond acceptors (Lipinski definition) is 5. The summed E-state index contributed by atoms with van der Waals surface area (Å²) in [6, 6.07) is 14.4. The highest BCUT2D eigenvalue weighted by molar-refractivity contribution is 5.91. The molecular weight excluding hydrogens is 320 g/mol. The van der Waals surface area contributed by atoms with E-state index in [1.54, 1.807) is 32.4 Å². The van der Waals surface area contributed by atoms with Gasteiger partial charge in [0.15, 0.2) is 11.5 Å². The Balaban J connectivity index is 1.98. The summed E-state index contributed by atoms with van der Waals surface area (Å²) < 4.78 is 15.8. The Morgan fingerprint density at radius 2 is 1.84 bits per heavy atom. The topological polar surface area (TPSA) is 82.8 Å². The van der Waals surface area contributed by atoms with Gasteiger partial charge in [0.05, 0.1) is 13.7 Å². The summed E-state index contributed by atoms with van der Waals surface area (Å²) >= 11 is 0. The van der Waals surface area contributed by atoms with Crippen LogP contribution in [-0.4, -0.2) is 33.3 Å². The van der Waals surface area contributed by atoms with Crippen molar-refractivity contribution in [1.29, 1.82) is 0 Å². The number of carbonyl (C=O) groups excluding carboxylic acids is 1. The summed E-state index contributed by atoms with van der Waals surface area (Å²) in [6.07, 6.45) is 0.190. The Morgan fingerprint density at radius 1 is 1.08 bits per heavy atom. The van der Waals surface area contributed by atoms with E-state index in [4.69, 9.17) is 19.9 Å². The van der Waals surface area contributed by atoms with Crippen LogP contribution in [0, 0.1) is 0 Å². The van der Waals surface area contributed by atoms with Crippen LogP contribution in [0.5, 0.6) is 11.5 Å². The van der Waals surface area contributed by atoms with Crippen molar-refractivity contribution in [3.05, 3.63) is 54.1 Å². The van der Waals surface area contributed by atoms with E-state index in [-0.39, 0.29) is 18.4 Å². The van der Waals surface area contributed by atoms with Crippen LogP contribution >= 0.6 is 0 Å². The molecule has 1 atom stereocenters. The van der Waals surface area contributed by atoms with Crippen molar-refractivity contribution < 1.29 is 19.0 Å². The number of rotatable bonds is 9. The number of hydrogen-bond donors (Lipinski definition) is 2. The van der Waals surface area contributed by atoms with E-state index in [9.17, 15) is 4.79 Å². The van der Waals surface area contributed by atoms with Gasteiger partial charge in [0, 0.05) is 31.3 Å². The molecule has 3 N–H and O–H groups in total. The van der Waals surface area contributed by atoms with Crippen molar-refractivity contribution in [2.24, 2.45) is 5.73 Å². The zero-order valence-electron chi connectivity index (χ0n) is 14.5. The van der Waals surface area contributed by atoms with Crippen LogP contribution < -0.4 is 20.5 Å². The molecule has 1 unspecified atom stereocenters. The second kappa shape index (κ2) is 9.66. The van der Waals surface area contributed by atoms with E-state index >= 15 is 0 Å². The molecule has 0 radical (unpaired) electrons. The van der Waals surface area contributed by atoms with Gasteiger partial charge in [-0.25, -0.2) is 0 Å². The first-order valence-electron chi connectivity index (χ1n) is 8.04. The van der Waals surface area contributed by atoms with Gasteiger partial charge in [-0.3, -0.25) is 4.79 Å². The summed E-state index contributed by atoms with van der Waals surface area (Å²) in [4.78, 5) is 12.2. The molecule has 2 aromatic carbocycles. The summed E-state index contributed by atoms with van der Waals surface area (Å²) in [5, 5.41) is 2.84. The summed E-state index contributed by atoms with van der Waals surface area (Å²) in [5.41, 5.74) is 7.64. The lowest BCUT2D eigenvalue weighted by molar-refractivity contribution is -0.116. The summed E-state index contributed by atoms with van der Waals surface area (Å²) in [7, 11) is 3.17. The molecule has 0 spiro atoms. The van der Waals surface area contributed by atoms with Crippen LogP contribution in [0.25, 0.3) is 0 Å². The van der Waals surface area contributed by atoms with Crippen LogP contribution in [0.2, 0.25) is 0 Å². The second-order valence-corrected chi connectivity index (χ2v) is 5.48. The fraction of sp³-hybridized carbons (Fsp3) is 0.316. The normalized spacial score (nSPS) is 11.6. The standard InChI is InChI=1S/C19H24N2O4/c1-23-10-11-25-18-12-15(8-9-17(18)24-2)21-19(22)13-16(20)14-6-4-3-5-7-14/h3-9,12,16H,10-11,13,20H2,1-2H3,(H,21,22). The summed E-state index contributed by atoms with van der Waals surface area (Å²) in [6.45, 7) is 0.856. The number of nitrogens with two attached hydrogens (primary N) is 1. The van der Waals surface area contributed by atoms with Gasteiger partial charge < -0.3 is 25.3 Å². The molecule has 2 aromatic rings. The maximum Gasteiger partial charge on any atom is 0.226 e. The van der Waals surface area contributed by atoms with E-state index in [1.165, 1.54) is 0 Å². The van der Waals surface area contributed by atoms with Crippen LogP contribution in [-0.2, 0) is 9.53 Å². The van der Waals surface area contributed by atoms with Crippen LogP contribution in [0.1, 0.15) is 18.0 Å². The maximum absolute atomic E-state index is 12.2. The lowest BCUT2D eigenvalue weighted by Crippen LogP contribution is -2.20. The minimum absolute atomic E-state index is 0.163. The first-order valence-corrected chi connectivity index (χ1v) is 8.04. The Morgan fingerprint density at radius 3 is 2.52 bits per heavy atom. The quantitative estimate of drug-likeness (QED) is 0.684. The Bertz CT molecular complexity index is 676. The van der Waals surface area contributed by atoms with Crippen LogP contribution in [0.4, 0.5) is 5.69 Å². The number of amides is 1. The molecule has 2 rings (SSSR count). The lowest BCUT2D eigenvalue weighted by Gasteiger charge is -2.14. The molecule has 25 heavy (non-hydrogen) atoms. The molecule has 6 nitrogen and oxygen atoms in total. The molecule has 134 valence electrons. The molecule has 0 aliphatic carbocycles. The SMILES string of the molecule is COCCOc1cc(NC(=O)CC(N)c2ccccc2)ccc1OC. The molecule has 6 heteroatoms. The lowest BCUT2D eigenvalue weighted by atomic mass is 10.0. The van der Waals surface area contributed by atoms with Crippen molar-refractivity contribution in [2.75, 3.05) is 32.8 Å². The molecule has 0 heterocycles. The number of anilines is 1. The molecule has 0 saturated heterocycles. The minimum atomic E-state index is -0.350. The van der Waals surface area contributed by atoms with E-state index in [2.05, 4.69) is 5.32 Å². The third-order valence-electron chi connectivity index (χ3n) is 3.63. The summed E-state index contributed by atoms with van der Waals surface area (Å²) in [5.74, 6) is 0.976. The fourth-order valence-electron chi connectivity index (χ4n) is 2.33. The fourth-order valence-corrected chi connectivity index (χ4v) is 2.33. The molecule has 1 amide bonds. The molecule has 0 aliphatic rings. The Labute approximate surface area is 147 Å². The van der Waals surface area contributed by atoms with Gasteiger partial charge in [-0.1, -0.05) is 30.3 Å². The predicted octanol–water partition coefficient (Wildman–Crippen LogP) is 2.75. The van der Waals surface area contributed by atoms with Crippen LogP contribution in [0.3, 0.4) is 0 Å². The van der Waals surface area contributed by atoms with Gasteiger partial charge in [0.25, 0.3) is 0 Å². The monoisotopic (exact) mass is 344 g/mol. The first kappa shape index (κ1) is 18.8. The smallest absolute Gasteiger partial charge is 0.226 e. The average molecular weight is 344 g/mol.